The molecule has 22 heavy (non-hydrogen) atoms. The van der Waals surface area contributed by atoms with E-state index >= 15 is 0 Å². The summed E-state index contributed by atoms with van der Waals surface area (Å²) in [5.74, 6) is 0. The minimum absolute atomic E-state index is 0.272. The number of unbranched alkanes of at least 4 members (excludes halogenated alkanes) is 2. The molecule has 0 amide bonds. The van der Waals surface area contributed by atoms with Crippen LogP contribution >= 0.6 is 0 Å². The summed E-state index contributed by atoms with van der Waals surface area (Å²) in [7, 11) is 0. The van der Waals surface area contributed by atoms with Crippen molar-refractivity contribution < 1.29 is 0 Å². The summed E-state index contributed by atoms with van der Waals surface area (Å²) in [5.41, 5.74) is 18.9. The maximum absolute atomic E-state index is 5.82. The Bertz CT molecular complexity index is 314. The SMILES string of the molecule is C/C=C(\N)CNCCCCCC(NCCN)NC/C(N)=C/C. The van der Waals surface area contributed by atoms with Gasteiger partial charge in [0.2, 0.25) is 0 Å². The van der Waals surface area contributed by atoms with E-state index < -0.39 is 0 Å². The second-order valence-corrected chi connectivity index (χ2v) is 5.43. The summed E-state index contributed by atoms with van der Waals surface area (Å²) in [6, 6.07) is 0. The molecule has 6 heteroatoms. The zero-order chi connectivity index (χ0) is 16.6. The summed E-state index contributed by atoms with van der Waals surface area (Å²) in [6.07, 6.45) is 8.74. The second-order valence-electron chi connectivity index (χ2n) is 5.43. The first-order valence-corrected chi connectivity index (χ1v) is 8.32. The topological polar surface area (TPSA) is 114 Å². The molecule has 1 atom stereocenters. The highest BCUT2D eigenvalue weighted by atomic mass is 15.1. The number of nitrogens with one attached hydrogen (secondary N) is 3. The fourth-order valence-corrected chi connectivity index (χ4v) is 1.99. The van der Waals surface area contributed by atoms with Crippen molar-refractivity contribution in [2.45, 2.75) is 45.7 Å². The molecule has 9 N–H and O–H groups in total. The Hall–Kier alpha value is -1.08. The Labute approximate surface area is 136 Å². The molecule has 0 aliphatic rings. The van der Waals surface area contributed by atoms with Crippen LogP contribution in [0.1, 0.15) is 39.5 Å². The van der Waals surface area contributed by atoms with Crippen LogP contribution in [0.2, 0.25) is 0 Å². The molecule has 0 rings (SSSR count). The summed E-state index contributed by atoms with van der Waals surface area (Å²) >= 11 is 0. The van der Waals surface area contributed by atoms with Gasteiger partial charge in [-0.2, -0.15) is 0 Å². The molecule has 0 radical (unpaired) electrons. The summed E-state index contributed by atoms with van der Waals surface area (Å²) in [6.45, 7) is 7.87. The third-order valence-corrected chi connectivity index (χ3v) is 3.50. The van der Waals surface area contributed by atoms with E-state index in [0.717, 1.165) is 43.9 Å². The van der Waals surface area contributed by atoms with Gasteiger partial charge in [-0.05, 0) is 33.2 Å². The van der Waals surface area contributed by atoms with Crippen LogP contribution < -0.4 is 33.2 Å². The van der Waals surface area contributed by atoms with E-state index in [0.29, 0.717) is 13.1 Å². The average molecular weight is 313 g/mol. The quantitative estimate of drug-likeness (QED) is 0.203. The van der Waals surface area contributed by atoms with E-state index in [1.165, 1.54) is 12.8 Å². The Kier molecular flexibility index (Phi) is 14.1. The number of allylic oxidation sites excluding steroid dienone is 2. The van der Waals surface area contributed by atoms with Gasteiger partial charge in [0.15, 0.2) is 0 Å². The molecular weight excluding hydrogens is 276 g/mol. The summed E-state index contributed by atoms with van der Waals surface area (Å²) in [5, 5.41) is 10.2. The molecule has 0 aromatic heterocycles. The van der Waals surface area contributed by atoms with Crippen LogP contribution in [0.5, 0.6) is 0 Å². The minimum Gasteiger partial charge on any atom is -0.401 e. The Morgan fingerprint density at radius 2 is 1.59 bits per heavy atom. The Balaban J connectivity index is 3.74. The Morgan fingerprint density at radius 3 is 2.23 bits per heavy atom. The van der Waals surface area contributed by atoms with Crippen LogP contribution in [0.15, 0.2) is 23.5 Å². The summed E-state index contributed by atoms with van der Waals surface area (Å²) < 4.78 is 0. The van der Waals surface area contributed by atoms with Gasteiger partial charge < -0.3 is 27.8 Å². The highest BCUT2D eigenvalue weighted by Gasteiger charge is 2.06. The van der Waals surface area contributed by atoms with Crippen LogP contribution in [0.4, 0.5) is 0 Å². The van der Waals surface area contributed by atoms with E-state index in [1.807, 2.05) is 26.0 Å². The van der Waals surface area contributed by atoms with Crippen molar-refractivity contribution in [3.05, 3.63) is 23.5 Å². The lowest BCUT2D eigenvalue weighted by molar-refractivity contribution is 0.399. The Morgan fingerprint density at radius 1 is 0.909 bits per heavy atom. The van der Waals surface area contributed by atoms with E-state index in [-0.39, 0.29) is 6.17 Å². The molecule has 6 nitrogen and oxygen atoms in total. The maximum Gasteiger partial charge on any atom is 0.0575 e. The van der Waals surface area contributed by atoms with Gasteiger partial charge in [0.25, 0.3) is 0 Å². The van der Waals surface area contributed by atoms with Crippen molar-refractivity contribution in [3.8, 4) is 0 Å². The predicted octanol–water partition coefficient (Wildman–Crippen LogP) is 0.325. The highest BCUT2D eigenvalue weighted by Crippen LogP contribution is 2.02. The molecule has 130 valence electrons. The first kappa shape index (κ1) is 20.9. The van der Waals surface area contributed by atoms with Crippen molar-refractivity contribution in [2.24, 2.45) is 17.2 Å². The zero-order valence-electron chi connectivity index (χ0n) is 14.3. The monoisotopic (exact) mass is 312 g/mol. The van der Waals surface area contributed by atoms with Crippen molar-refractivity contribution in [3.63, 3.8) is 0 Å². The van der Waals surface area contributed by atoms with Crippen LogP contribution in [-0.4, -0.2) is 38.9 Å². The summed E-state index contributed by atoms with van der Waals surface area (Å²) in [4.78, 5) is 0. The molecule has 0 saturated carbocycles. The molecule has 0 aliphatic carbocycles. The van der Waals surface area contributed by atoms with Crippen molar-refractivity contribution in [1.29, 1.82) is 0 Å². The molecule has 0 aromatic carbocycles. The molecule has 0 saturated heterocycles. The highest BCUT2D eigenvalue weighted by molar-refractivity contribution is 4.96. The molecule has 0 spiro atoms. The van der Waals surface area contributed by atoms with Gasteiger partial charge in [-0.1, -0.05) is 25.0 Å². The lowest BCUT2D eigenvalue weighted by Gasteiger charge is -2.20. The largest absolute Gasteiger partial charge is 0.401 e. The van der Waals surface area contributed by atoms with Crippen molar-refractivity contribution in [1.82, 2.24) is 16.0 Å². The maximum atomic E-state index is 5.82. The van der Waals surface area contributed by atoms with E-state index in [2.05, 4.69) is 16.0 Å². The van der Waals surface area contributed by atoms with E-state index in [4.69, 9.17) is 17.2 Å². The normalized spacial score (nSPS) is 14.3. The molecule has 0 fully saturated rings. The van der Waals surface area contributed by atoms with Crippen LogP contribution in [0.3, 0.4) is 0 Å². The van der Waals surface area contributed by atoms with Gasteiger partial charge >= 0.3 is 0 Å². The molecule has 0 aliphatic heterocycles. The van der Waals surface area contributed by atoms with Gasteiger partial charge in [0.05, 0.1) is 6.17 Å². The second kappa shape index (κ2) is 14.8. The van der Waals surface area contributed by atoms with E-state index in [1.54, 1.807) is 0 Å². The lowest BCUT2D eigenvalue weighted by atomic mass is 10.1. The van der Waals surface area contributed by atoms with Crippen molar-refractivity contribution in [2.75, 3.05) is 32.7 Å². The molecular formula is C16H36N6. The lowest BCUT2D eigenvalue weighted by Crippen LogP contribution is -2.45. The van der Waals surface area contributed by atoms with Crippen molar-refractivity contribution >= 4 is 0 Å². The third-order valence-electron chi connectivity index (χ3n) is 3.50. The van der Waals surface area contributed by atoms with Gasteiger partial charge in [0.1, 0.15) is 0 Å². The fourth-order valence-electron chi connectivity index (χ4n) is 1.99. The molecule has 0 aromatic rings. The van der Waals surface area contributed by atoms with Gasteiger partial charge in [0, 0.05) is 37.6 Å². The molecule has 1 unspecified atom stereocenters. The number of rotatable bonds is 14. The molecule has 0 heterocycles. The van der Waals surface area contributed by atoms with Crippen LogP contribution in [0.25, 0.3) is 0 Å². The standard InChI is InChI=1S/C16H36N6/c1-3-14(18)12-20-10-7-5-6-8-16(21-11-9-17)22-13-15(19)4-2/h3-4,16,20-22H,5-13,17-19H2,1-2H3/b14-3-,15-4-. The zero-order valence-corrected chi connectivity index (χ0v) is 14.3. The fraction of sp³-hybridized carbons (Fsp3) is 0.750. The van der Waals surface area contributed by atoms with Gasteiger partial charge in [-0.25, -0.2) is 0 Å². The first-order chi connectivity index (χ1) is 10.6. The molecule has 0 bridgehead atoms. The number of nitrogens with two attached hydrogens (primary N) is 3. The first-order valence-electron chi connectivity index (χ1n) is 8.32. The minimum atomic E-state index is 0.272. The van der Waals surface area contributed by atoms with Crippen LogP contribution in [0, 0.1) is 0 Å². The predicted molar refractivity (Wildman–Crippen MR) is 96.1 cm³/mol. The van der Waals surface area contributed by atoms with Gasteiger partial charge in [-0.3, -0.25) is 5.32 Å². The smallest absolute Gasteiger partial charge is 0.0575 e. The van der Waals surface area contributed by atoms with Gasteiger partial charge in [-0.15, -0.1) is 0 Å². The third kappa shape index (κ3) is 12.6. The number of hydrogen-bond acceptors (Lipinski definition) is 6. The average Bonchev–Trinajstić information content (AvgIpc) is 2.54. The van der Waals surface area contributed by atoms with Crippen LogP contribution in [-0.2, 0) is 0 Å². The van der Waals surface area contributed by atoms with E-state index in [9.17, 15) is 0 Å². The number of hydrogen-bond donors (Lipinski definition) is 6.